The van der Waals surface area contributed by atoms with Gasteiger partial charge in [-0.05, 0) is 18.9 Å². The van der Waals surface area contributed by atoms with Gasteiger partial charge in [0.15, 0.2) is 6.04 Å². The SMILES string of the molecule is CCC(C)NC(=O)N[C@H](C(=O)O)c1ccccc1. The van der Waals surface area contributed by atoms with Gasteiger partial charge in [0.25, 0.3) is 0 Å². The van der Waals surface area contributed by atoms with Crippen LogP contribution in [0.4, 0.5) is 4.79 Å². The molecule has 0 bridgehead atoms. The molecule has 0 aliphatic carbocycles. The molecule has 1 unspecified atom stereocenters. The van der Waals surface area contributed by atoms with E-state index in [1.807, 2.05) is 13.8 Å². The van der Waals surface area contributed by atoms with E-state index in [4.69, 9.17) is 5.11 Å². The van der Waals surface area contributed by atoms with Gasteiger partial charge in [-0.25, -0.2) is 9.59 Å². The van der Waals surface area contributed by atoms with Gasteiger partial charge in [0.1, 0.15) is 0 Å². The normalized spacial score (nSPS) is 13.4. The summed E-state index contributed by atoms with van der Waals surface area (Å²) in [5, 5.41) is 14.2. The van der Waals surface area contributed by atoms with Crippen LogP contribution in [0, 0.1) is 0 Å². The maximum Gasteiger partial charge on any atom is 0.330 e. The number of urea groups is 1. The van der Waals surface area contributed by atoms with Crippen molar-refractivity contribution in [3.63, 3.8) is 0 Å². The molecule has 5 heteroatoms. The largest absolute Gasteiger partial charge is 0.479 e. The molecule has 0 fully saturated rings. The summed E-state index contributed by atoms with van der Waals surface area (Å²) in [5.41, 5.74) is 0.546. The number of carbonyl (C=O) groups excluding carboxylic acids is 1. The molecule has 1 rings (SSSR count). The van der Waals surface area contributed by atoms with Crippen molar-refractivity contribution in [1.29, 1.82) is 0 Å². The molecule has 3 N–H and O–H groups in total. The Bertz CT molecular complexity index is 406. The van der Waals surface area contributed by atoms with E-state index in [-0.39, 0.29) is 6.04 Å². The number of aliphatic carboxylic acids is 1. The zero-order valence-corrected chi connectivity index (χ0v) is 10.5. The van der Waals surface area contributed by atoms with Gasteiger partial charge in [0.05, 0.1) is 0 Å². The van der Waals surface area contributed by atoms with Crippen LogP contribution in [-0.2, 0) is 4.79 Å². The molecular weight excluding hydrogens is 232 g/mol. The van der Waals surface area contributed by atoms with Crippen LogP contribution in [0.1, 0.15) is 31.9 Å². The summed E-state index contributed by atoms with van der Waals surface area (Å²) in [6.07, 6.45) is 0.788. The number of amides is 2. The molecule has 0 aromatic heterocycles. The van der Waals surface area contributed by atoms with Crippen LogP contribution in [0.2, 0.25) is 0 Å². The van der Waals surface area contributed by atoms with Gasteiger partial charge in [0.2, 0.25) is 0 Å². The van der Waals surface area contributed by atoms with Crippen molar-refractivity contribution < 1.29 is 14.7 Å². The van der Waals surface area contributed by atoms with E-state index in [1.165, 1.54) is 0 Å². The van der Waals surface area contributed by atoms with Gasteiger partial charge < -0.3 is 15.7 Å². The molecule has 0 saturated carbocycles. The topological polar surface area (TPSA) is 78.4 Å². The standard InChI is InChI=1S/C13H18N2O3/c1-3-9(2)14-13(18)15-11(12(16)17)10-7-5-4-6-8-10/h4-9,11H,3H2,1-2H3,(H,16,17)(H2,14,15,18)/t9?,11-/m0/s1. The van der Waals surface area contributed by atoms with Crippen molar-refractivity contribution in [2.75, 3.05) is 0 Å². The number of rotatable bonds is 5. The maximum atomic E-state index is 11.6. The lowest BCUT2D eigenvalue weighted by molar-refractivity contribution is -0.139. The van der Waals surface area contributed by atoms with E-state index in [9.17, 15) is 9.59 Å². The Morgan fingerprint density at radius 1 is 1.22 bits per heavy atom. The zero-order chi connectivity index (χ0) is 13.5. The number of benzene rings is 1. The zero-order valence-electron chi connectivity index (χ0n) is 10.5. The fourth-order valence-electron chi connectivity index (χ4n) is 1.43. The van der Waals surface area contributed by atoms with Crippen LogP contribution in [0.25, 0.3) is 0 Å². The predicted octanol–water partition coefficient (Wildman–Crippen LogP) is 1.91. The minimum absolute atomic E-state index is 0.00946. The first-order valence-electron chi connectivity index (χ1n) is 5.89. The Hall–Kier alpha value is -2.04. The monoisotopic (exact) mass is 250 g/mol. The maximum absolute atomic E-state index is 11.6. The highest BCUT2D eigenvalue weighted by Crippen LogP contribution is 2.12. The molecule has 1 aromatic carbocycles. The third kappa shape index (κ3) is 4.08. The summed E-state index contributed by atoms with van der Waals surface area (Å²) >= 11 is 0. The summed E-state index contributed by atoms with van der Waals surface area (Å²) in [4.78, 5) is 22.8. The highest BCUT2D eigenvalue weighted by Gasteiger charge is 2.21. The van der Waals surface area contributed by atoms with Gasteiger partial charge in [-0.15, -0.1) is 0 Å². The lowest BCUT2D eigenvalue weighted by Gasteiger charge is -2.17. The van der Waals surface area contributed by atoms with Crippen molar-refractivity contribution in [2.24, 2.45) is 0 Å². The average molecular weight is 250 g/mol. The van der Waals surface area contributed by atoms with Gasteiger partial charge in [-0.1, -0.05) is 37.3 Å². The first-order valence-corrected chi connectivity index (χ1v) is 5.89. The summed E-state index contributed by atoms with van der Waals surface area (Å²) in [6, 6.07) is 7.11. The quantitative estimate of drug-likeness (QED) is 0.747. The average Bonchev–Trinajstić information content (AvgIpc) is 2.36. The third-order valence-electron chi connectivity index (χ3n) is 2.65. The van der Waals surface area contributed by atoms with Crippen LogP contribution >= 0.6 is 0 Å². The lowest BCUT2D eigenvalue weighted by Crippen LogP contribution is -2.44. The molecule has 0 radical (unpaired) electrons. The molecule has 0 saturated heterocycles. The van der Waals surface area contributed by atoms with Crippen LogP contribution in [0.3, 0.4) is 0 Å². The van der Waals surface area contributed by atoms with E-state index in [0.717, 1.165) is 6.42 Å². The number of carboxylic acid groups (broad SMARTS) is 1. The van der Waals surface area contributed by atoms with Crippen LogP contribution in [0.5, 0.6) is 0 Å². The number of hydrogen-bond donors (Lipinski definition) is 3. The van der Waals surface area contributed by atoms with Crippen LogP contribution in [-0.4, -0.2) is 23.1 Å². The van der Waals surface area contributed by atoms with Crippen molar-refractivity contribution in [2.45, 2.75) is 32.4 Å². The molecule has 2 atom stereocenters. The van der Waals surface area contributed by atoms with Crippen molar-refractivity contribution in [3.8, 4) is 0 Å². The van der Waals surface area contributed by atoms with E-state index < -0.39 is 18.0 Å². The molecule has 5 nitrogen and oxygen atoms in total. The molecule has 0 heterocycles. The third-order valence-corrected chi connectivity index (χ3v) is 2.65. The summed E-state index contributed by atoms with van der Waals surface area (Å²) in [5.74, 6) is -1.08. The second-order valence-electron chi connectivity index (χ2n) is 4.11. The second kappa shape index (κ2) is 6.64. The molecule has 0 spiro atoms. The van der Waals surface area contributed by atoms with Crippen molar-refractivity contribution in [1.82, 2.24) is 10.6 Å². The van der Waals surface area contributed by atoms with Crippen molar-refractivity contribution in [3.05, 3.63) is 35.9 Å². The van der Waals surface area contributed by atoms with E-state index >= 15 is 0 Å². The number of hydrogen-bond acceptors (Lipinski definition) is 2. The molecule has 98 valence electrons. The Morgan fingerprint density at radius 2 is 1.83 bits per heavy atom. The minimum Gasteiger partial charge on any atom is -0.479 e. The Kier molecular flexibility index (Phi) is 5.17. The molecule has 1 aromatic rings. The van der Waals surface area contributed by atoms with Crippen LogP contribution in [0.15, 0.2) is 30.3 Å². The minimum atomic E-state index is -1.08. The molecule has 0 aliphatic heterocycles. The number of nitrogens with one attached hydrogen (secondary N) is 2. The Balaban J connectivity index is 2.71. The van der Waals surface area contributed by atoms with Gasteiger partial charge in [0, 0.05) is 6.04 Å². The highest BCUT2D eigenvalue weighted by molar-refractivity contribution is 5.83. The van der Waals surface area contributed by atoms with Gasteiger partial charge >= 0.3 is 12.0 Å². The number of carbonyl (C=O) groups is 2. The second-order valence-corrected chi connectivity index (χ2v) is 4.11. The van der Waals surface area contributed by atoms with Gasteiger partial charge in [-0.3, -0.25) is 0 Å². The summed E-state index contributed by atoms with van der Waals surface area (Å²) in [7, 11) is 0. The number of carboxylic acids is 1. The molecule has 2 amide bonds. The van der Waals surface area contributed by atoms with E-state index in [2.05, 4.69) is 10.6 Å². The molecule has 0 aliphatic rings. The fourth-order valence-corrected chi connectivity index (χ4v) is 1.43. The first kappa shape index (κ1) is 14.0. The van der Waals surface area contributed by atoms with E-state index in [0.29, 0.717) is 5.56 Å². The molecule has 18 heavy (non-hydrogen) atoms. The summed E-state index contributed by atoms with van der Waals surface area (Å²) < 4.78 is 0. The first-order chi connectivity index (χ1) is 8.54. The molecular formula is C13H18N2O3. The van der Waals surface area contributed by atoms with Crippen molar-refractivity contribution >= 4 is 12.0 Å². The van der Waals surface area contributed by atoms with Crippen LogP contribution < -0.4 is 10.6 Å². The Labute approximate surface area is 106 Å². The summed E-state index contributed by atoms with van der Waals surface area (Å²) in [6.45, 7) is 3.80. The smallest absolute Gasteiger partial charge is 0.330 e. The fraction of sp³-hybridized carbons (Fsp3) is 0.385. The lowest BCUT2D eigenvalue weighted by atomic mass is 10.1. The highest BCUT2D eigenvalue weighted by atomic mass is 16.4. The van der Waals surface area contributed by atoms with E-state index in [1.54, 1.807) is 30.3 Å². The Morgan fingerprint density at radius 3 is 2.33 bits per heavy atom. The predicted molar refractivity (Wildman–Crippen MR) is 68.2 cm³/mol. The van der Waals surface area contributed by atoms with Gasteiger partial charge in [-0.2, -0.15) is 0 Å².